The Morgan fingerprint density at radius 1 is 1.17 bits per heavy atom. The predicted molar refractivity (Wildman–Crippen MR) is 104 cm³/mol. The monoisotopic (exact) mass is 376 g/mol. The standard InChI is InChI=1S/C18H20N2OS3/c1-18(2,3)16(13-6-4-8-22-13)20-15(21)10-12-11-24-17(19-12)14-7-5-9-23-14/h4-9,11,16H,10H2,1-3H3,(H,20,21). The summed E-state index contributed by atoms with van der Waals surface area (Å²) in [4.78, 5) is 19.5. The van der Waals surface area contributed by atoms with Gasteiger partial charge in [-0.15, -0.1) is 34.0 Å². The van der Waals surface area contributed by atoms with Crippen molar-refractivity contribution in [2.24, 2.45) is 5.41 Å². The third kappa shape index (κ3) is 4.12. The van der Waals surface area contributed by atoms with Crippen LogP contribution in [0.5, 0.6) is 0 Å². The van der Waals surface area contributed by atoms with Crippen LogP contribution in [0.25, 0.3) is 9.88 Å². The highest BCUT2D eigenvalue weighted by Gasteiger charge is 2.28. The van der Waals surface area contributed by atoms with Gasteiger partial charge < -0.3 is 5.32 Å². The number of nitrogens with zero attached hydrogens (tertiary/aromatic N) is 1. The van der Waals surface area contributed by atoms with Crippen molar-refractivity contribution in [3.8, 4) is 9.88 Å². The van der Waals surface area contributed by atoms with Crippen LogP contribution < -0.4 is 5.32 Å². The quantitative estimate of drug-likeness (QED) is 0.649. The van der Waals surface area contributed by atoms with Gasteiger partial charge in [0.25, 0.3) is 0 Å². The normalized spacial score (nSPS) is 13.0. The van der Waals surface area contributed by atoms with Crippen LogP contribution in [0.15, 0.2) is 40.4 Å². The van der Waals surface area contributed by atoms with E-state index in [1.54, 1.807) is 34.0 Å². The molecule has 1 unspecified atom stereocenters. The Labute approximate surface area is 154 Å². The number of amides is 1. The SMILES string of the molecule is CC(C)(C)C(NC(=O)Cc1csc(-c2cccs2)n1)c1cccs1. The van der Waals surface area contributed by atoms with E-state index in [1.807, 2.05) is 28.3 Å². The van der Waals surface area contributed by atoms with Crippen molar-refractivity contribution in [3.05, 3.63) is 51.0 Å². The van der Waals surface area contributed by atoms with Crippen molar-refractivity contribution in [1.29, 1.82) is 0 Å². The van der Waals surface area contributed by atoms with Gasteiger partial charge in [-0.05, 0) is 28.3 Å². The van der Waals surface area contributed by atoms with Crippen LogP contribution in [0, 0.1) is 5.41 Å². The molecule has 3 aromatic heterocycles. The third-order valence-electron chi connectivity index (χ3n) is 3.62. The Kier molecular flexibility index (Phi) is 5.18. The summed E-state index contributed by atoms with van der Waals surface area (Å²) in [6.45, 7) is 6.44. The molecule has 1 amide bonds. The number of nitrogens with one attached hydrogen (secondary N) is 1. The van der Waals surface area contributed by atoms with Crippen molar-refractivity contribution >= 4 is 39.9 Å². The summed E-state index contributed by atoms with van der Waals surface area (Å²) < 4.78 is 0. The molecule has 0 aromatic carbocycles. The van der Waals surface area contributed by atoms with Crippen LogP contribution in [0.3, 0.4) is 0 Å². The first-order valence-electron chi connectivity index (χ1n) is 7.74. The van der Waals surface area contributed by atoms with E-state index in [0.29, 0.717) is 6.42 Å². The van der Waals surface area contributed by atoms with Gasteiger partial charge in [-0.1, -0.05) is 32.9 Å². The van der Waals surface area contributed by atoms with E-state index in [0.717, 1.165) is 15.6 Å². The molecule has 3 aromatic rings. The Balaban J connectivity index is 1.68. The highest BCUT2D eigenvalue weighted by Crippen LogP contribution is 2.35. The molecule has 0 bridgehead atoms. The summed E-state index contributed by atoms with van der Waals surface area (Å²) in [7, 11) is 0. The maximum Gasteiger partial charge on any atom is 0.226 e. The van der Waals surface area contributed by atoms with Crippen LogP contribution in [0.2, 0.25) is 0 Å². The minimum atomic E-state index is -0.0370. The Hall–Kier alpha value is -1.50. The third-order valence-corrected chi connectivity index (χ3v) is 6.49. The van der Waals surface area contributed by atoms with Crippen molar-refractivity contribution in [2.75, 3.05) is 0 Å². The van der Waals surface area contributed by atoms with Crippen LogP contribution in [-0.4, -0.2) is 10.9 Å². The molecule has 0 saturated carbocycles. The molecule has 1 N–H and O–H groups in total. The van der Waals surface area contributed by atoms with E-state index in [-0.39, 0.29) is 17.4 Å². The van der Waals surface area contributed by atoms with Crippen LogP contribution in [0.1, 0.15) is 37.4 Å². The molecular weight excluding hydrogens is 356 g/mol. The smallest absolute Gasteiger partial charge is 0.226 e. The molecule has 0 fully saturated rings. The minimum absolute atomic E-state index is 0.0143. The molecule has 0 aliphatic carbocycles. The predicted octanol–water partition coefficient (Wildman–Crippen LogP) is 5.38. The van der Waals surface area contributed by atoms with Gasteiger partial charge in [0.2, 0.25) is 5.91 Å². The van der Waals surface area contributed by atoms with Crippen LogP contribution in [-0.2, 0) is 11.2 Å². The molecule has 3 nitrogen and oxygen atoms in total. The Morgan fingerprint density at radius 2 is 1.92 bits per heavy atom. The molecule has 6 heteroatoms. The molecule has 24 heavy (non-hydrogen) atoms. The van der Waals surface area contributed by atoms with Crippen molar-refractivity contribution < 1.29 is 4.79 Å². The van der Waals surface area contributed by atoms with E-state index in [1.165, 1.54) is 4.88 Å². The first-order chi connectivity index (χ1) is 11.4. The molecule has 0 spiro atoms. The van der Waals surface area contributed by atoms with E-state index < -0.39 is 0 Å². The first kappa shape index (κ1) is 17.3. The molecule has 3 heterocycles. The van der Waals surface area contributed by atoms with Crippen molar-refractivity contribution in [3.63, 3.8) is 0 Å². The fourth-order valence-corrected chi connectivity index (χ4v) is 5.10. The topological polar surface area (TPSA) is 42.0 Å². The minimum Gasteiger partial charge on any atom is -0.348 e. The van der Waals surface area contributed by atoms with Crippen LogP contribution in [0.4, 0.5) is 0 Å². The lowest BCUT2D eigenvalue weighted by molar-refractivity contribution is -0.122. The molecule has 0 aliphatic rings. The van der Waals surface area contributed by atoms with Gasteiger partial charge in [0, 0.05) is 10.3 Å². The molecule has 0 aliphatic heterocycles. The highest BCUT2D eigenvalue weighted by molar-refractivity contribution is 7.20. The van der Waals surface area contributed by atoms with Gasteiger partial charge in [0.1, 0.15) is 5.01 Å². The number of thiophene rings is 2. The van der Waals surface area contributed by atoms with E-state index in [2.05, 4.69) is 43.2 Å². The van der Waals surface area contributed by atoms with Gasteiger partial charge in [0.15, 0.2) is 0 Å². The lowest BCUT2D eigenvalue weighted by Gasteiger charge is -2.30. The van der Waals surface area contributed by atoms with E-state index in [9.17, 15) is 4.79 Å². The second-order valence-electron chi connectivity index (χ2n) is 6.68. The van der Waals surface area contributed by atoms with Gasteiger partial charge in [-0.2, -0.15) is 0 Å². The van der Waals surface area contributed by atoms with Crippen LogP contribution >= 0.6 is 34.0 Å². The van der Waals surface area contributed by atoms with Gasteiger partial charge in [-0.25, -0.2) is 4.98 Å². The zero-order valence-corrected chi connectivity index (χ0v) is 16.4. The molecule has 0 radical (unpaired) electrons. The van der Waals surface area contributed by atoms with Crippen molar-refractivity contribution in [1.82, 2.24) is 10.3 Å². The second kappa shape index (κ2) is 7.17. The van der Waals surface area contributed by atoms with Gasteiger partial charge in [-0.3, -0.25) is 4.79 Å². The Bertz CT molecular complexity index is 783. The summed E-state index contributed by atoms with van der Waals surface area (Å²) in [6.07, 6.45) is 0.319. The number of carbonyl (C=O) groups excluding carboxylic acids is 1. The molecule has 3 rings (SSSR count). The van der Waals surface area contributed by atoms with E-state index in [4.69, 9.17) is 0 Å². The fraction of sp³-hybridized carbons (Fsp3) is 0.333. The number of thiazole rings is 1. The zero-order chi connectivity index (χ0) is 17.2. The van der Waals surface area contributed by atoms with Crippen molar-refractivity contribution in [2.45, 2.75) is 33.2 Å². The lowest BCUT2D eigenvalue weighted by Crippen LogP contribution is -2.37. The summed E-state index contributed by atoms with van der Waals surface area (Å²) in [5.74, 6) is 0.0198. The molecule has 126 valence electrons. The average Bonchev–Trinajstić information content (AvgIpc) is 3.24. The zero-order valence-electron chi connectivity index (χ0n) is 13.9. The molecular formula is C18H20N2OS3. The second-order valence-corrected chi connectivity index (χ2v) is 9.47. The number of carbonyl (C=O) groups is 1. The summed E-state index contributed by atoms with van der Waals surface area (Å²) in [5, 5.41) is 10.2. The largest absolute Gasteiger partial charge is 0.348 e. The van der Waals surface area contributed by atoms with Gasteiger partial charge in [0.05, 0.1) is 23.0 Å². The molecule has 0 saturated heterocycles. The first-order valence-corrected chi connectivity index (χ1v) is 10.4. The number of aromatic nitrogens is 1. The highest BCUT2D eigenvalue weighted by atomic mass is 32.1. The lowest BCUT2D eigenvalue weighted by atomic mass is 9.85. The van der Waals surface area contributed by atoms with E-state index >= 15 is 0 Å². The number of rotatable bonds is 5. The summed E-state index contributed by atoms with van der Waals surface area (Å²) in [5.41, 5.74) is 0.796. The fourth-order valence-electron chi connectivity index (χ4n) is 2.45. The molecule has 1 atom stereocenters. The number of hydrogen-bond donors (Lipinski definition) is 1. The summed E-state index contributed by atoms with van der Waals surface area (Å²) in [6, 6.07) is 8.19. The maximum absolute atomic E-state index is 12.5. The maximum atomic E-state index is 12.5. The Morgan fingerprint density at radius 3 is 2.54 bits per heavy atom. The summed E-state index contributed by atoms with van der Waals surface area (Å²) >= 11 is 4.94. The number of hydrogen-bond acceptors (Lipinski definition) is 5. The van der Waals surface area contributed by atoms with Gasteiger partial charge >= 0.3 is 0 Å². The average molecular weight is 377 g/mol.